The zero-order valence-electron chi connectivity index (χ0n) is 10.3. The molecule has 0 amide bonds. The van der Waals surface area contributed by atoms with Gasteiger partial charge in [0.1, 0.15) is 0 Å². The number of rotatable bonds is 2. The van der Waals surface area contributed by atoms with E-state index in [1.54, 1.807) is 0 Å². The molecule has 1 aromatic rings. The summed E-state index contributed by atoms with van der Waals surface area (Å²) in [5.74, 6) is 0. The van der Waals surface area contributed by atoms with Gasteiger partial charge in [-0.2, -0.15) is 0 Å². The Labute approximate surface area is 116 Å². The Morgan fingerprint density at radius 3 is 2.35 bits per heavy atom. The molecule has 0 fully saturated rings. The number of fused-ring (bicyclic) bond motifs is 1. The Morgan fingerprint density at radius 2 is 1.76 bits per heavy atom. The molecule has 0 saturated heterocycles. The lowest BCUT2D eigenvalue weighted by molar-refractivity contribution is 0.657. The first-order valence-electron chi connectivity index (χ1n) is 5.49. The molecular weight excluding hydrogens is 257 g/mol. The number of hydrogen-bond donors (Lipinski definition) is 1. The molecule has 2 rings (SSSR count). The first kappa shape index (κ1) is 16.4. The normalized spacial score (nSPS) is 15.5. The van der Waals surface area contributed by atoms with E-state index >= 15 is 0 Å². The number of benzene rings is 1. The first-order valence-corrected chi connectivity index (χ1v) is 5.49. The second kappa shape index (κ2) is 6.94. The van der Waals surface area contributed by atoms with E-state index in [0.29, 0.717) is 0 Å². The number of hydrogen-bond acceptors (Lipinski definition) is 3. The smallest absolute Gasteiger partial charge is 0.0605 e. The molecule has 5 heteroatoms. The van der Waals surface area contributed by atoms with Crippen LogP contribution in [0.4, 0.5) is 11.4 Å². The SMILES string of the molecule is CC(N)CN1CCN(C)c2ccccc21.Cl.Cl. The largest absolute Gasteiger partial charge is 0.371 e. The zero-order chi connectivity index (χ0) is 10.8. The third-order valence-electron chi connectivity index (χ3n) is 2.85. The number of nitrogens with two attached hydrogens (primary N) is 1. The van der Waals surface area contributed by atoms with Crippen LogP contribution in [-0.4, -0.2) is 32.7 Å². The third-order valence-corrected chi connectivity index (χ3v) is 2.85. The van der Waals surface area contributed by atoms with Crippen LogP contribution in [-0.2, 0) is 0 Å². The molecule has 0 spiro atoms. The van der Waals surface area contributed by atoms with E-state index in [-0.39, 0.29) is 30.9 Å². The lowest BCUT2D eigenvalue weighted by atomic mass is 10.1. The molecule has 1 aliphatic heterocycles. The van der Waals surface area contributed by atoms with Gasteiger partial charge in [0, 0.05) is 32.7 Å². The van der Waals surface area contributed by atoms with E-state index in [1.807, 2.05) is 0 Å². The summed E-state index contributed by atoms with van der Waals surface area (Å²) in [5.41, 5.74) is 8.48. The Kier molecular flexibility index (Phi) is 6.68. The van der Waals surface area contributed by atoms with Gasteiger partial charge in [0.05, 0.1) is 11.4 Å². The van der Waals surface area contributed by atoms with Gasteiger partial charge >= 0.3 is 0 Å². The van der Waals surface area contributed by atoms with Crippen LogP contribution < -0.4 is 15.5 Å². The highest BCUT2D eigenvalue weighted by Crippen LogP contribution is 2.31. The number of likely N-dealkylation sites (N-methyl/N-ethyl adjacent to an activating group) is 1. The molecule has 2 N–H and O–H groups in total. The second-order valence-electron chi connectivity index (χ2n) is 4.33. The van der Waals surface area contributed by atoms with E-state index in [9.17, 15) is 0 Å². The number of para-hydroxylation sites is 2. The molecule has 1 aromatic carbocycles. The predicted molar refractivity (Wildman–Crippen MR) is 80.1 cm³/mol. The fourth-order valence-corrected chi connectivity index (χ4v) is 2.10. The molecule has 0 aromatic heterocycles. The molecule has 17 heavy (non-hydrogen) atoms. The summed E-state index contributed by atoms with van der Waals surface area (Å²) in [6.07, 6.45) is 0. The third kappa shape index (κ3) is 3.66. The van der Waals surface area contributed by atoms with Gasteiger partial charge in [-0.1, -0.05) is 12.1 Å². The maximum absolute atomic E-state index is 5.86. The van der Waals surface area contributed by atoms with Crippen LogP contribution in [0.5, 0.6) is 0 Å². The highest BCUT2D eigenvalue weighted by atomic mass is 35.5. The van der Waals surface area contributed by atoms with Gasteiger partial charge in [-0.05, 0) is 19.1 Å². The molecule has 0 saturated carbocycles. The molecule has 3 nitrogen and oxygen atoms in total. The van der Waals surface area contributed by atoms with Crippen LogP contribution in [0.25, 0.3) is 0 Å². The number of anilines is 2. The maximum atomic E-state index is 5.86. The van der Waals surface area contributed by atoms with E-state index in [4.69, 9.17) is 5.73 Å². The van der Waals surface area contributed by atoms with Crippen LogP contribution in [0.2, 0.25) is 0 Å². The Morgan fingerprint density at radius 1 is 1.18 bits per heavy atom. The van der Waals surface area contributed by atoms with Gasteiger partial charge in [0.15, 0.2) is 0 Å². The molecular formula is C12H21Cl2N3. The fraction of sp³-hybridized carbons (Fsp3) is 0.500. The van der Waals surface area contributed by atoms with Crippen LogP contribution in [0.3, 0.4) is 0 Å². The molecule has 0 bridgehead atoms. The van der Waals surface area contributed by atoms with Crippen LogP contribution >= 0.6 is 24.8 Å². The van der Waals surface area contributed by atoms with E-state index in [2.05, 4.69) is 48.0 Å². The molecule has 1 unspecified atom stereocenters. The summed E-state index contributed by atoms with van der Waals surface area (Å²) in [4.78, 5) is 4.67. The molecule has 98 valence electrons. The van der Waals surface area contributed by atoms with E-state index < -0.39 is 0 Å². The topological polar surface area (TPSA) is 32.5 Å². The van der Waals surface area contributed by atoms with Crippen molar-refractivity contribution in [2.24, 2.45) is 5.73 Å². The highest BCUT2D eigenvalue weighted by Gasteiger charge is 2.19. The quantitative estimate of drug-likeness (QED) is 0.899. The van der Waals surface area contributed by atoms with E-state index in [1.165, 1.54) is 11.4 Å². The zero-order valence-corrected chi connectivity index (χ0v) is 11.9. The second-order valence-corrected chi connectivity index (χ2v) is 4.33. The first-order chi connectivity index (χ1) is 7.18. The minimum Gasteiger partial charge on any atom is -0.371 e. The van der Waals surface area contributed by atoms with Crippen molar-refractivity contribution in [2.45, 2.75) is 13.0 Å². The molecule has 0 radical (unpaired) electrons. The monoisotopic (exact) mass is 277 g/mol. The van der Waals surface area contributed by atoms with Crippen molar-refractivity contribution >= 4 is 36.2 Å². The van der Waals surface area contributed by atoms with Gasteiger partial charge in [-0.3, -0.25) is 0 Å². The summed E-state index contributed by atoms with van der Waals surface area (Å²) in [5, 5.41) is 0. The molecule has 1 aliphatic rings. The van der Waals surface area contributed by atoms with Crippen LogP contribution in [0, 0.1) is 0 Å². The fourth-order valence-electron chi connectivity index (χ4n) is 2.10. The minimum atomic E-state index is 0. The summed E-state index contributed by atoms with van der Waals surface area (Å²) in [7, 11) is 2.14. The lowest BCUT2D eigenvalue weighted by Crippen LogP contribution is -2.44. The lowest BCUT2D eigenvalue weighted by Gasteiger charge is -2.37. The molecule has 1 heterocycles. The Balaban J connectivity index is 0.00000128. The maximum Gasteiger partial charge on any atom is 0.0605 e. The van der Waals surface area contributed by atoms with Gasteiger partial charge in [0.2, 0.25) is 0 Å². The van der Waals surface area contributed by atoms with Gasteiger partial charge in [0.25, 0.3) is 0 Å². The van der Waals surface area contributed by atoms with Crippen molar-refractivity contribution in [3.8, 4) is 0 Å². The van der Waals surface area contributed by atoms with Crippen molar-refractivity contribution in [2.75, 3.05) is 36.5 Å². The van der Waals surface area contributed by atoms with Crippen LogP contribution in [0.1, 0.15) is 6.92 Å². The van der Waals surface area contributed by atoms with Crippen molar-refractivity contribution in [1.29, 1.82) is 0 Å². The Bertz CT molecular complexity index is 344. The van der Waals surface area contributed by atoms with E-state index in [0.717, 1.165) is 19.6 Å². The summed E-state index contributed by atoms with van der Waals surface area (Å²) < 4.78 is 0. The molecule has 0 aliphatic carbocycles. The van der Waals surface area contributed by atoms with Crippen molar-refractivity contribution < 1.29 is 0 Å². The number of nitrogens with zero attached hydrogens (tertiary/aromatic N) is 2. The summed E-state index contributed by atoms with van der Waals surface area (Å²) in [6, 6.07) is 8.74. The predicted octanol–water partition coefficient (Wildman–Crippen LogP) is 2.13. The summed E-state index contributed by atoms with van der Waals surface area (Å²) in [6.45, 7) is 5.13. The van der Waals surface area contributed by atoms with Crippen molar-refractivity contribution in [3.05, 3.63) is 24.3 Å². The van der Waals surface area contributed by atoms with Gasteiger partial charge in [-0.25, -0.2) is 0 Å². The minimum absolute atomic E-state index is 0. The average molecular weight is 278 g/mol. The standard InChI is InChI=1S/C12H19N3.2ClH/c1-10(13)9-15-8-7-14(2)11-5-3-4-6-12(11)15;;/h3-6,10H,7-9,13H2,1-2H3;2*1H. The average Bonchev–Trinajstić information content (AvgIpc) is 2.22. The molecule has 1 atom stereocenters. The van der Waals surface area contributed by atoms with Gasteiger partial charge < -0.3 is 15.5 Å². The van der Waals surface area contributed by atoms with Crippen molar-refractivity contribution in [1.82, 2.24) is 0 Å². The number of halogens is 2. The van der Waals surface area contributed by atoms with Gasteiger partial charge in [-0.15, -0.1) is 24.8 Å². The van der Waals surface area contributed by atoms with Crippen LogP contribution in [0.15, 0.2) is 24.3 Å². The summed E-state index contributed by atoms with van der Waals surface area (Å²) >= 11 is 0. The van der Waals surface area contributed by atoms with Crippen molar-refractivity contribution in [3.63, 3.8) is 0 Å². The highest BCUT2D eigenvalue weighted by molar-refractivity contribution is 5.85. The Hall–Kier alpha value is -0.640.